The fourth-order valence-electron chi connectivity index (χ4n) is 2.44. The highest BCUT2D eigenvalue weighted by Crippen LogP contribution is 2.33. The summed E-state index contributed by atoms with van der Waals surface area (Å²) < 4.78 is 22.4. The maximum Gasteiger partial charge on any atom is 0.281 e. The van der Waals surface area contributed by atoms with Gasteiger partial charge in [0.1, 0.15) is 18.3 Å². The number of ether oxygens (including phenoxy) is 1. The topological polar surface area (TPSA) is 175 Å². The summed E-state index contributed by atoms with van der Waals surface area (Å²) in [6.45, 7) is -0.749. The van der Waals surface area contributed by atoms with Gasteiger partial charge in [0.05, 0.1) is 27.1 Å². The van der Waals surface area contributed by atoms with Crippen LogP contribution in [0, 0.1) is 0 Å². The van der Waals surface area contributed by atoms with Crippen molar-refractivity contribution < 1.29 is 33.8 Å². The van der Waals surface area contributed by atoms with E-state index in [2.05, 4.69) is 14.5 Å². The molecule has 2 N–H and O–H groups in total. The van der Waals surface area contributed by atoms with Gasteiger partial charge in [-0.25, -0.2) is 9.97 Å². The molecule has 1 unspecified atom stereocenters. The number of imidazole rings is 1. The molecule has 1 fully saturated rings. The van der Waals surface area contributed by atoms with Crippen molar-refractivity contribution in [2.75, 3.05) is 6.61 Å². The molecule has 0 amide bonds. The molecule has 0 spiro atoms. The van der Waals surface area contributed by atoms with Crippen LogP contribution >= 0.6 is 7.82 Å². The molecule has 2 aromatic rings. The summed E-state index contributed by atoms with van der Waals surface area (Å²) in [7, 11) is -3.75. The molecule has 4 atom stereocenters. The van der Waals surface area contributed by atoms with Gasteiger partial charge in [-0.15, -0.1) is 0 Å². The molecule has 0 saturated carbocycles. The van der Waals surface area contributed by atoms with E-state index in [9.17, 15) is 29.4 Å². The van der Waals surface area contributed by atoms with Crippen LogP contribution in [0.5, 0.6) is 0 Å². The molecule has 0 aliphatic carbocycles. The standard InChI is InChI=1S/C11H15N4O8P/c1-14-3-13-9-6(10(14)18)12-4-15(9)11-8(17)7(16)5(23-11)2-22-24(19,20)21/h3-5,7-8,11,16-17H,2H2,1H3,(H2,19,20,21)/p-2/t5-,7+,8?,11-/m1/s1. The quantitative estimate of drug-likeness (QED) is 0.523. The van der Waals surface area contributed by atoms with E-state index in [0.29, 0.717) is 0 Å². The fourth-order valence-corrected chi connectivity index (χ4v) is 2.77. The van der Waals surface area contributed by atoms with Gasteiger partial charge in [0.15, 0.2) is 17.4 Å². The van der Waals surface area contributed by atoms with Gasteiger partial charge in [-0.05, 0) is 0 Å². The maximum absolute atomic E-state index is 12.0. The zero-order valence-electron chi connectivity index (χ0n) is 12.3. The van der Waals surface area contributed by atoms with Crippen LogP contribution in [0.1, 0.15) is 6.23 Å². The lowest BCUT2D eigenvalue weighted by atomic mass is 10.1. The highest BCUT2D eigenvalue weighted by molar-refractivity contribution is 7.43. The van der Waals surface area contributed by atoms with E-state index in [0.717, 1.165) is 0 Å². The number of aliphatic hydroxyl groups excluding tert-OH is 2. The molecule has 13 heteroatoms. The second-order valence-electron chi connectivity index (χ2n) is 5.27. The molecule has 2 aromatic heterocycles. The largest absolute Gasteiger partial charge is 0.790 e. The lowest BCUT2D eigenvalue weighted by Crippen LogP contribution is -2.34. The minimum absolute atomic E-state index is 0.0357. The zero-order chi connectivity index (χ0) is 17.6. The van der Waals surface area contributed by atoms with Gasteiger partial charge in [0, 0.05) is 7.05 Å². The first-order valence-electron chi connectivity index (χ1n) is 6.75. The number of phosphoric ester groups is 1. The highest BCUT2D eigenvalue weighted by Gasteiger charge is 2.44. The molecular formula is C11H13N4O8P-2. The van der Waals surface area contributed by atoms with Crippen molar-refractivity contribution in [1.82, 2.24) is 19.1 Å². The van der Waals surface area contributed by atoms with E-state index in [1.54, 1.807) is 0 Å². The van der Waals surface area contributed by atoms with Crippen LogP contribution in [-0.4, -0.2) is 54.2 Å². The molecule has 132 valence electrons. The van der Waals surface area contributed by atoms with Gasteiger partial charge >= 0.3 is 0 Å². The number of phosphoric acid groups is 1. The summed E-state index contributed by atoms with van der Waals surface area (Å²) in [4.78, 5) is 40.9. The van der Waals surface area contributed by atoms with Gasteiger partial charge in [0.2, 0.25) is 0 Å². The van der Waals surface area contributed by atoms with Gasteiger partial charge in [-0.3, -0.25) is 9.36 Å². The Labute approximate surface area is 134 Å². The number of aryl methyl sites for hydroxylation is 1. The minimum atomic E-state index is -5.24. The van der Waals surface area contributed by atoms with Crippen molar-refractivity contribution in [1.29, 1.82) is 0 Å². The highest BCUT2D eigenvalue weighted by atomic mass is 31.2. The molecule has 1 aliphatic heterocycles. The van der Waals surface area contributed by atoms with Crippen LogP contribution in [0.3, 0.4) is 0 Å². The Morgan fingerprint density at radius 2 is 2.04 bits per heavy atom. The van der Waals surface area contributed by atoms with Crippen molar-refractivity contribution in [2.45, 2.75) is 24.5 Å². The van der Waals surface area contributed by atoms with Crippen LogP contribution in [0.2, 0.25) is 0 Å². The average molecular weight is 360 g/mol. The van der Waals surface area contributed by atoms with Crippen LogP contribution < -0.4 is 15.3 Å². The molecule has 0 aromatic carbocycles. The van der Waals surface area contributed by atoms with Gasteiger partial charge in [0.25, 0.3) is 5.56 Å². The number of fused-ring (bicyclic) bond motifs is 1. The third-order valence-electron chi connectivity index (χ3n) is 3.65. The van der Waals surface area contributed by atoms with Gasteiger partial charge < -0.3 is 38.4 Å². The van der Waals surface area contributed by atoms with E-state index < -0.39 is 44.5 Å². The fraction of sp³-hybridized carbons (Fsp3) is 0.545. The lowest BCUT2D eigenvalue weighted by Gasteiger charge is -2.30. The van der Waals surface area contributed by atoms with E-state index in [4.69, 9.17) is 4.74 Å². The van der Waals surface area contributed by atoms with Crippen LogP contribution in [0.4, 0.5) is 0 Å². The first kappa shape index (κ1) is 17.2. The lowest BCUT2D eigenvalue weighted by molar-refractivity contribution is -0.343. The van der Waals surface area contributed by atoms with Crippen molar-refractivity contribution in [3.63, 3.8) is 0 Å². The minimum Gasteiger partial charge on any atom is -0.790 e. The molecule has 0 radical (unpaired) electrons. The predicted octanol–water partition coefficient (Wildman–Crippen LogP) is -3.41. The molecule has 3 heterocycles. The number of aliphatic hydroxyl groups is 2. The molecule has 0 bridgehead atoms. The Morgan fingerprint density at radius 3 is 2.71 bits per heavy atom. The SMILES string of the molecule is Cn1cnc2c(ncn2[C@@H]2O[C@H](COP(=O)([O-])[O-])[C@H](O)C2O)c1=O. The van der Waals surface area contributed by atoms with E-state index >= 15 is 0 Å². The maximum atomic E-state index is 12.0. The summed E-state index contributed by atoms with van der Waals surface area (Å²) in [6, 6.07) is 0. The second kappa shape index (κ2) is 6.01. The van der Waals surface area contributed by atoms with Crippen molar-refractivity contribution in [2.24, 2.45) is 7.05 Å². The Bertz CT molecular complexity index is 859. The smallest absolute Gasteiger partial charge is 0.281 e. The summed E-state index contributed by atoms with van der Waals surface area (Å²) in [6.07, 6.45) is -2.97. The monoisotopic (exact) mass is 360 g/mol. The number of nitrogens with zero attached hydrogens (tertiary/aromatic N) is 4. The van der Waals surface area contributed by atoms with Crippen molar-refractivity contribution in [3.8, 4) is 0 Å². The molecular weight excluding hydrogens is 347 g/mol. The zero-order valence-corrected chi connectivity index (χ0v) is 13.1. The van der Waals surface area contributed by atoms with E-state index in [-0.39, 0.29) is 11.2 Å². The molecule has 3 rings (SSSR count). The third-order valence-corrected chi connectivity index (χ3v) is 4.12. The summed E-state index contributed by atoms with van der Waals surface area (Å²) in [5.41, 5.74) is -0.256. The molecule has 1 aliphatic rings. The Hall–Kier alpha value is -1.66. The second-order valence-corrected chi connectivity index (χ2v) is 6.43. The first-order chi connectivity index (χ1) is 11.2. The first-order valence-corrected chi connectivity index (χ1v) is 8.21. The molecule has 12 nitrogen and oxygen atoms in total. The third kappa shape index (κ3) is 3.00. The normalized spacial score (nSPS) is 27.9. The molecule has 1 saturated heterocycles. The molecule has 24 heavy (non-hydrogen) atoms. The van der Waals surface area contributed by atoms with Crippen molar-refractivity contribution in [3.05, 3.63) is 23.0 Å². The number of rotatable bonds is 4. The number of aromatic nitrogens is 4. The Morgan fingerprint density at radius 1 is 1.33 bits per heavy atom. The predicted molar refractivity (Wildman–Crippen MR) is 72.3 cm³/mol. The van der Waals surface area contributed by atoms with E-state index in [1.165, 1.54) is 28.8 Å². The summed E-state index contributed by atoms with van der Waals surface area (Å²) in [5, 5.41) is 20.0. The van der Waals surface area contributed by atoms with Gasteiger partial charge in [-0.2, -0.15) is 0 Å². The van der Waals surface area contributed by atoms with Crippen LogP contribution in [0.15, 0.2) is 17.4 Å². The summed E-state index contributed by atoms with van der Waals surface area (Å²) in [5.74, 6) is 0. The van der Waals surface area contributed by atoms with Crippen molar-refractivity contribution >= 4 is 19.0 Å². The Balaban J connectivity index is 1.89. The Kier molecular flexibility index (Phi) is 4.30. The van der Waals surface area contributed by atoms with Crippen LogP contribution in [-0.2, 0) is 20.9 Å². The van der Waals surface area contributed by atoms with E-state index in [1.807, 2.05) is 0 Å². The van der Waals surface area contributed by atoms with Crippen LogP contribution in [0.25, 0.3) is 11.2 Å². The average Bonchev–Trinajstić information content (AvgIpc) is 3.04. The number of hydrogen-bond donors (Lipinski definition) is 2. The van der Waals surface area contributed by atoms with Gasteiger partial charge in [-0.1, -0.05) is 0 Å². The number of hydrogen-bond acceptors (Lipinski definition) is 10. The summed E-state index contributed by atoms with van der Waals surface area (Å²) >= 11 is 0.